The van der Waals surface area contributed by atoms with Gasteiger partial charge in [-0.2, -0.15) is 10.1 Å². The molecule has 1 aliphatic heterocycles. The minimum absolute atomic E-state index is 0.402. The Balaban J connectivity index is 1.44. The number of β-amino-alcohol motifs (C(OH)–C–C–N with tert-alkyl or cyclic N) is 1. The maximum absolute atomic E-state index is 10.2. The zero-order valence-corrected chi connectivity index (χ0v) is 13.5. The summed E-state index contributed by atoms with van der Waals surface area (Å²) in [6.45, 7) is 7.64. The summed E-state index contributed by atoms with van der Waals surface area (Å²) < 4.78 is 6.79. The highest BCUT2D eigenvalue weighted by Gasteiger charge is 2.19. The van der Waals surface area contributed by atoms with Crippen molar-refractivity contribution in [1.29, 1.82) is 0 Å². The van der Waals surface area contributed by atoms with Crippen LogP contribution in [0.1, 0.15) is 18.1 Å². The molecule has 3 heterocycles. The molecule has 1 N–H and O–H groups in total. The summed E-state index contributed by atoms with van der Waals surface area (Å²) in [6, 6.07) is 1.87. The van der Waals surface area contributed by atoms with E-state index in [-0.39, 0.29) is 0 Å². The van der Waals surface area contributed by atoms with Gasteiger partial charge in [0.25, 0.3) is 0 Å². The second kappa shape index (κ2) is 7.67. The van der Waals surface area contributed by atoms with E-state index in [0.29, 0.717) is 19.0 Å². The van der Waals surface area contributed by atoms with E-state index >= 15 is 0 Å². The maximum Gasteiger partial charge on any atom is 0.223 e. The third-order valence-electron chi connectivity index (χ3n) is 4.04. The van der Waals surface area contributed by atoms with Crippen molar-refractivity contribution in [2.24, 2.45) is 0 Å². The molecule has 2 aromatic rings. The van der Waals surface area contributed by atoms with Gasteiger partial charge in [-0.15, -0.1) is 0 Å². The SMILES string of the molecule is Cc1nc(CN2CCCN(C[C@@H](O)Cn3cccn3)CC2)no1. The fourth-order valence-corrected chi connectivity index (χ4v) is 2.95. The number of rotatable bonds is 6. The molecule has 126 valence electrons. The van der Waals surface area contributed by atoms with Gasteiger partial charge in [-0.05, 0) is 25.6 Å². The summed E-state index contributed by atoms with van der Waals surface area (Å²) in [4.78, 5) is 8.91. The average Bonchev–Trinajstić information content (AvgIpc) is 3.10. The minimum atomic E-state index is -0.402. The molecule has 0 amide bonds. The van der Waals surface area contributed by atoms with Crippen LogP contribution >= 0.6 is 0 Å². The molecule has 0 spiro atoms. The summed E-state index contributed by atoms with van der Waals surface area (Å²) >= 11 is 0. The van der Waals surface area contributed by atoms with Crippen molar-refractivity contribution < 1.29 is 9.63 Å². The smallest absolute Gasteiger partial charge is 0.223 e. The van der Waals surface area contributed by atoms with E-state index in [1.165, 1.54) is 0 Å². The van der Waals surface area contributed by atoms with Crippen molar-refractivity contribution in [2.45, 2.75) is 32.5 Å². The fourth-order valence-electron chi connectivity index (χ4n) is 2.95. The predicted octanol–water partition coefficient (Wildman–Crippen LogP) is 0.143. The number of hydrogen-bond donors (Lipinski definition) is 1. The Kier molecular flexibility index (Phi) is 5.37. The molecule has 23 heavy (non-hydrogen) atoms. The molecule has 1 saturated heterocycles. The Hall–Kier alpha value is -1.77. The summed E-state index contributed by atoms with van der Waals surface area (Å²) in [5.74, 6) is 1.35. The van der Waals surface area contributed by atoms with Crippen molar-refractivity contribution in [3.8, 4) is 0 Å². The van der Waals surface area contributed by atoms with Crippen molar-refractivity contribution in [1.82, 2.24) is 29.7 Å². The Labute approximate surface area is 135 Å². The Bertz CT molecular complexity index is 585. The molecule has 0 aromatic carbocycles. The molecule has 0 radical (unpaired) electrons. The average molecular weight is 320 g/mol. The quantitative estimate of drug-likeness (QED) is 0.810. The van der Waals surface area contributed by atoms with Crippen LogP contribution < -0.4 is 0 Å². The van der Waals surface area contributed by atoms with Gasteiger partial charge in [-0.25, -0.2) is 0 Å². The van der Waals surface area contributed by atoms with Crippen LogP contribution in [0.15, 0.2) is 23.0 Å². The predicted molar refractivity (Wildman–Crippen MR) is 83.6 cm³/mol. The molecule has 8 nitrogen and oxygen atoms in total. The van der Waals surface area contributed by atoms with Crippen LogP contribution in [0, 0.1) is 6.92 Å². The topological polar surface area (TPSA) is 83.5 Å². The van der Waals surface area contributed by atoms with Gasteiger partial charge in [0.2, 0.25) is 5.89 Å². The first-order chi connectivity index (χ1) is 11.2. The molecular formula is C15H24N6O2. The first-order valence-corrected chi connectivity index (χ1v) is 8.08. The van der Waals surface area contributed by atoms with Crippen LogP contribution in [0.5, 0.6) is 0 Å². The summed E-state index contributed by atoms with van der Waals surface area (Å²) in [5.41, 5.74) is 0. The number of aliphatic hydroxyl groups excluding tert-OH is 1. The number of hydrogen-bond acceptors (Lipinski definition) is 7. The Morgan fingerprint density at radius 1 is 1.22 bits per heavy atom. The highest BCUT2D eigenvalue weighted by atomic mass is 16.5. The number of nitrogens with zero attached hydrogens (tertiary/aromatic N) is 6. The van der Waals surface area contributed by atoms with Gasteiger partial charge in [0.1, 0.15) is 0 Å². The molecule has 3 rings (SSSR count). The first-order valence-electron chi connectivity index (χ1n) is 8.08. The van der Waals surface area contributed by atoms with Gasteiger partial charge in [0, 0.05) is 39.0 Å². The lowest BCUT2D eigenvalue weighted by Gasteiger charge is -2.23. The van der Waals surface area contributed by atoms with Gasteiger partial charge in [0.15, 0.2) is 5.82 Å². The molecular weight excluding hydrogens is 296 g/mol. The monoisotopic (exact) mass is 320 g/mol. The third-order valence-corrected chi connectivity index (χ3v) is 4.04. The fraction of sp³-hybridized carbons (Fsp3) is 0.667. The summed E-state index contributed by atoms with van der Waals surface area (Å²) in [7, 11) is 0. The van der Waals surface area contributed by atoms with Crippen LogP contribution in [0.4, 0.5) is 0 Å². The van der Waals surface area contributed by atoms with Crippen molar-refractivity contribution in [3.63, 3.8) is 0 Å². The zero-order valence-electron chi connectivity index (χ0n) is 13.5. The molecule has 1 fully saturated rings. The maximum atomic E-state index is 10.2. The van der Waals surface area contributed by atoms with E-state index in [1.807, 2.05) is 19.2 Å². The van der Waals surface area contributed by atoms with E-state index in [0.717, 1.165) is 45.0 Å². The minimum Gasteiger partial charge on any atom is -0.390 e. The van der Waals surface area contributed by atoms with E-state index in [1.54, 1.807) is 10.9 Å². The highest BCUT2D eigenvalue weighted by molar-refractivity contribution is 4.85. The first kappa shape index (κ1) is 16.1. The van der Waals surface area contributed by atoms with Gasteiger partial charge in [-0.1, -0.05) is 5.16 Å². The standard InChI is InChI=1S/C15H24N6O2/c1-13-17-15(18-23-13)12-20-6-3-5-19(8-9-20)10-14(22)11-21-7-2-4-16-21/h2,4,7,14,22H,3,5-6,8-12H2,1H3/t14-/m1/s1. The van der Waals surface area contributed by atoms with E-state index in [9.17, 15) is 5.11 Å². The lowest BCUT2D eigenvalue weighted by atomic mass is 10.3. The number of aromatic nitrogens is 4. The normalized spacial score (nSPS) is 18.9. The summed E-state index contributed by atoms with van der Waals surface area (Å²) in [5, 5.41) is 18.3. The van der Waals surface area contributed by atoms with Crippen molar-refractivity contribution in [2.75, 3.05) is 32.7 Å². The Morgan fingerprint density at radius 3 is 2.78 bits per heavy atom. The van der Waals surface area contributed by atoms with Crippen LogP contribution in [0.25, 0.3) is 0 Å². The van der Waals surface area contributed by atoms with E-state index in [2.05, 4.69) is 25.0 Å². The van der Waals surface area contributed by atoms with E-state index in [4.69, 9.17) is 4.52 Å². The van der Waals surface area contributed by atoms with Crippen LogP contribution in [-0.2, 0) is 13.1 Å². The second-order valence-electron chi connectivity index (χ2n) is 6.04. The molecule has 0 saturated carbocycles. The second-order valence-corrected chi connectivity index (χ2v) is 6.04. The van der Waals surface area contributed by atoms with Crippen LogP contribution in [-0.4, -0.2) is 73.7 Å². The molecule has 0 unspecified atom stereocenters. The molecule has 0 aliphatic carbocycles. The largest absolute Gasteiger partial charge is 0.390 e. The molecule has 1 aliphatic rings. The lowest BCUT2D eigenvalue weighted by Crippen LogP contribution is -2.37. The number of aliphatic hydroxyl groups is 1. The molecule has 2 aromatic heterocycles. The summed E-state index contributed by atoms with van der Waals surface area (Å²) in [6.07, 6.45) is 4.28. The van der Waals surface area contributed by atoms with Gasteiger partial charge in [-0.3, -0.25) is 14.5 Å². The van der Waals surface area contributed by atoms with Gasteiger partial charge < -0.3 is 9.63 Å². The lowest BCUT2D eigenvalue weighted by molar-refractivity contribution is 0.0961. The van der Waals surface area contributed by atoms with Crippen LogP contribution in [0.2, 0.25) is 0 Å². The third kappa shape index (κ3) is 4.85. The number of aryl methyl sites for hydroxylation is 1. The highest BCUT2D eigenvalue weighted by Crippen LogP contribution is 2.08. The Morgan fingerprint density at radius 2 is 2.04 bits per heavy atom. The van der Waals surface area contributed by atoms with E-state index < -0.39 is 6.10 Å². The van der Waals surface area contributed by atoms with Gasteiger partial charge >= 0.3 is 0 Å². The molecule has 1 atom stereocenters. The van der Waals surface area contributed by atoms with Crippen molar-refractivity contribution >= 4 is 0 Å². The zero-order chi connectivity index (χ0) is 16.1. The molecule has 8 heteroatoms. The van der Waals surface area contributed by atoms with Crippen molar-refractivity contribution in [3.05, 3.63) is 30.2 Å². The molecule has 0 bridgehead atoms. The van der Waals surface area contributed by atoms with Crippen LogP contribution in [0.3, 0.4) is 0 Å². The van der Waals surface area contributed by atoms with Gasteiger partial charge in [0.05, 0.1) is 19.2 Å².